The Kier molecular flexibility index (Phi) is 4.58. The lowest BCUT2D eigenvalue weighted by Gasteiger charge is -2.05. The fourth-order valence-corrected chi connectivity index (χ4v) is 2.60. The molecular formula is C16H12FN3O2S. The Morgan fingerprint density at radius 3 is 2.74 bits per heavy atom. The maximum atomic E-state index is 13.0. The van der Waals surface area contributed by atoms with Crippen LogP contribution < -0.4 is 10.1 Å². The van der Waals surface area contributed by atoms with Crippen LogP contribution >= 0.6 is 11.3 Å². The zero-order valence-electron chi connectivity index (χ0n) is 11.9. The average molecular weight is 329 g/mol. The van der Waals surface area contributed by atoms with E-state index in [1.54, 1.807) is 6.07 Å². The number of rotatable bonds is 5. The lowest BCUT2D eigenvalue weighted by molar-refractivity contribution is -0.118. The largest absolute Gasteiger partial charge is 0.484 e. The highest BCUT2D eigenvalue weighted by Crippen LogP contribution is 2.25. The number of aromatic nitrogens is 2. The van der Waals surface area contributed by atoms with Crippen LogP contribution in [0.4, 0.5) is 9.52 Å². The first-order valence-electron chi connectivity index (χ1n) is 6.78. The molecule has 0 radical (unpaired) electrons. The zero-order valence-corrected chi connectivity index (χ0v) is 12.7. The number of nitrogens with one attached hydrogen (secondary N) is 1. The highest BCUT2D eigenvalue weighted by atomic mass is 32.1. The molecule has 0 spiro atoms. The van der Waals surface area contributed by atoms with Gasteiger partial charge in [-0.15, -0.1) is 10.2 Å². The summed E-state index contributed by atoms with van der Waals surface area (Å²) in [6, 6.07) is 15.2. The molecule has 0 aliphatic carbocycles. The van der Waals surface area contributed by atoms with E-state index in [-0.39, 0.29) is 12.5 Å². The van der Waals surface area contributed by atoms with Gasteiger partial charge in [-0.1, -0.05) is 47.7 Å². The van der Waals surface area contributed by atoms with Crippen LogP contribution in [-0.2, 0) is 4.79 Å². The predicted octanol–water partition coefficient (Wildman–Crippen LogP) is 3.36. The van der Waals surface area contributed by atoms with Gasteiger partial charge in [0.1, 0.15) is 16.6 Å². The van der Waals surface area contributed by atoms with Crippen molar-refractivity contribution in [2.75, 3.05) is 11.9 Å². The number of benzene rings is 2. The monoisotopic (exact) mass is 329 g/mol. The third kappa shape index (κ3) is 4.10. The molecule has 0 aliphatic heterocycles. The summed E-state index contributed by atoms with van der Waals surface area (Å²) in [5.41, 5.74) is 0.932. The minimum atomic E-state index is -0.417. The molecule has 0 bridgehead atoms. The van der Waals surface area contributed by atoms with Gasteiger partial charge in [-0.3, -0.25) is 10.1 Å². The third-order valence-corrected chi connectivity index (χ3v) is 3.75. The quantitative estimate of drug-likeness (QED) is 0.779. The minimum Gasteiger partial charge on any atom is -0.484 e. The van der Waals surface area contributed by atoms with Crippen molar-refractivity contribution in [3.63, 3.8) is 0 Å². The summed E-state index contributed by atoms with van der Waals surface area (Å²) in [5, 5.41) is 11.7. The van der Waals surface area contributed by atoms with Crippen LogP contribution in [-0.4, -0.2) is 22.7 Å². The Labute approximate surface area is 135 Å². The third-order valence-electron chi connectivity index (χ3n) is 2.86. The molecule has 0 aliphatic rings. The lowest BCUT2D eigenvalue weighted by Crippen LogP contribution is -2.20. The summed E-state index contributed by atoms with van der Waals surface area (Å²) < 4.78 is 18.2. The van der Waals surface area contributed by atoms with Gasteiger partial charge in [-0.2, -0.15) is 0 Å². The van der Waals surface area contributed by atoms with Crippen molar-refractivity contribution >= 4 is 22.4 Å². The van der Waals surface area contributed by atoms with Crippen molar-refractivity contribution in [3.05, 3.63) is 60.4 Å². The highest BCUT2D eigenvalue weighted by Gasteiger charge is 2.10. The van der Waals surface area contributed by atoms with Crippen LogP contribution in [0, 0.1) is 5.82 Å². The van der Waals surface area contributed by atoms with Gasteiger partial charge >= 0.3 is 0 Å². The minimum absolute atomic E-state index is 0.232. The molecule has 116 valence electrons. The van der Waals surface area contributed by atoms with E-state index >= 15 is 0 Å². The number of hydrogen-bond acceptors (Lipinski definition) is 5. The maximum absolute atomic E-state index is 13.0. The van der Waals surface area contributed by atoms with E-state index in [0.29, 0.717) is 15.9 Å². The van der Waals surface area contributed by atoms with Crippen molar-refractivity contribution in [3.8, 4) is 16.3 Å². The van der Waals surface area contributed by atoms with Crippen LogP contribution in [0.15, 0.2) is 54.6 Å². The first kappa shape index (κ1) is 15.1. The Hall–Kier alpha value is -2.80. The van der Waals surface area contributed by atoms with E-state index in [1.807, 2.05) is 30.3 Å². The second kappa shape index (κ2) is 6.97. The molecule has 23 heavy (non-hydrogen) atoms. The molecule has 1 amide bonds. The molecule has 0 fully saturated rings. The van der Waals surface area contributed by atoms with Gasteiger partial charge in [-0.25, -0.2) is 4.39 Å². The fraction of sp³-hybridized carbons (Fsp3) is 0.0625. The van der Waals surface area contributed by atoms with Gasteiger partial charge in [0.05, 0.1) is 0 Å². The topological polar surface area (TPSA) is 64.1 Å². The smallest absolute Gasteiger partial charge is 0.264 e. The standard InChI is InChI=1S/C16H12FN3O2S/c17-12-7-4-8-13(9-12)22-10-14(21)18-16-20-19-15(23-16)11-5-2-1-3-6-11/h1-9H,10H2,(H,18,20,21). The number of carbonyl (C=O) groups excluding carboxylic acids is 1. The van der Waals surface area contributed by atoms with Crippen LogP contribution in [0.25, 0.3) is 10.6 Å². The molecule has 7 heteroatoms. The molecule has 0 atom stereocenters. The van der Waals surface area contributed by atoms with Crippen LogP contribution in [0.2, 0.25) is 0 Å². The Balaban J connectivity index is 1.57. The van der Waals surface area contributed by atoms with Crippen molar-refractivity contribution in [2.45, 2.75) is 0 Å². The van der Waals surface area contributed by atoms with Crippen molar-refractivity contribution in [2.24, 2.45) is 0 Å². The molecular weight excluding hydrogens is 317 g/mol. The predicted molar refractivity (Wildman–Crippen MR) is 85.9 cm³/mol. The van der Waals surface area contributed by atoms with E-state index in [0.717, 1.165) is 5.56 Å². The van der Waals surface area contributed by atoms with Crippen molar-refractivity contribution in [1.82, 2.24) is 10.2 Å². The number of halogens is 1. The van der Waals surface area contributed by atoms with E-state index < -0.39 is 5.82 Å². The Bertz CT molecular complexity index is 808. The molecule has 3 aromatic rings. The van der Waals surface area contributed by atoms with Gasteiger partial charge in [0.25, 0.3) is 5.91 Å². The highest BCUT2D eigenvalue weighted by molar-refractivity contribution is 7.18. The Morgan fingerprint density at radius 2 is 1.96 bits per heavy atom. The SMILES string of the molecule is O=C(COc1cccc(F)c1)Nc1nnc(-c2ccccc2)s1. The number of amides is 1. The molecule has 1 aromatic heterocycles. The molecule has 5 nitrogen and oxygen atoms in total. The zero-order chi connectivity index (χ0) is 16.1. The van der Waals surface area contributed by atoms with Gasteiger partial charge in [0.15, 0.2) is 6.61 Å². The molecule has 0 saturated carbocycles. The summed E-state index contributed by atoms with van der Waals surface area (Å²) in [4.78, 5) is 11.8. The summed E-state index contributed by atoms with van der Waals surface area (Å²) in [5.74, 6) is -0.507. The van der Waals surface area contributed by atoms with Gasteiger partial charge in [-0.05, 0) is 12.1 Å². The normalized spacial score (nSPS) is 10.3. The number of nitrogens with zero attached hydrogens (tertiary/aromatic N) is 2. The lowest BCUT2D eigenvalue weighted by atomic mass is 10.2. The van der Waals surface area contributed by atoms with E-state index in [2.05, 4.69) is 15.5 Å². The number of anilines is 1. The summed E-state index contributed by atoms with van der Waals surface area (Å²) in [6.07, 6.45) is 0. The Morgan fingerprint density at radius 1 is 1.13 bits per heavy atom. The second-order valence-electron chi connectivity index (χ2n) is 4.57. The van der Waals surface area contributed by atoms with Crippen LogP contribution in [0.1, 0.15) is 0 Å². The molecule has 2 aromatic carbocycles. The molecule has 0 saturated heterocycles. The average Bonchev–Trinajstić information content (AvgIpc) is 3.02. The van der Waals surface area contributed by atoms with E-state index in [9.17, 15) is 9.18 Å². The summed E-state index contributed by atoms with van der Waals surface area (Å²) in [6.45, 7) is -0.232. The van der Waals surface area contributed by atoms with E-state index in [1.165, 1.54) is 29.5 Å². The molecule has 1 heterocycles. The molecule has 0 unspecified atom stereocenters. The summed E-state index contributed by atoms with van der Waals surface area (Å²) in [7, 11) is 0. The first-order valence-corrected chi connectivity index (χ1v) is 7.59. The van der Waals surface area contributed by atoms with Crippen LogP contribution in [0.5, 0.6) is 5.75 Å². The maximum Gasteiger partial charge on any atom is 0.264 e. The van der Waals surface area contributed by atoms with E-state index in [4.69, 9.17) is 4.74 Å². The van der Waals surface area contributed by atoms with Gasteiger partial charge in [0.2, 0.25) is 5.13 Å². The van der Waals surface area contributed by atoms with Crippen molar-refractivity contribution < 1.29 is 13.9 Å². The fourth-order valence-electron chi connectivity index (χ4n) is 1.83. The first-order chi connectivity index (χ1) is 11.2. The van der Waals surface area contributed by atoms with Crippen molar-refractivity contribution in [1.29, 1.82) is 0 Å². The second-order valence-corrected chi connectivity index (χ2v) is 5.55. The van der Waals surface area contributed by atoms with Gasteiger partial charge in [0, 0.05) is 11.6 Å². The molecule has 1 N–H and O–H groups in total. The van der Waals surface area contributed by atoms with Crippen LogP contribution in [0.3, 0.4) is 0 Å². The van der Waals surface area contributed by atoms with Gasteiger partial charge < -0.3 is 4.74 Å². The number of carbonyl (C=O) groups is 1. The molecule has 3 rings (SSSR count). The number of ether oxygens (including phenoxy) is 1. The number of hydrogen-bond donors (Lipinski definition) is 1. The summed E-state index contributed by atoms with van der Waals surface area (Å²) >= 11 is 1.27.